The molecule has 0 spiro atoms. The lowest BCUT2D eigenvalue weighted by molar-refractivity contribution is 0.229. The van der Waals surface area contributed by atoms with Gasteiger partial charge in [0.25, 0.3) is 0 Å². The largest absolute Gasteiger partial charge is 0.347 e. The van der Waals surface area contributed by atoms with E-state index >= 15 is 0 Å². The summed E-state index contributed by atoms with van der Waals surface area (Å²) < 4.78 is 0. The fourth-order valence-electron chi connectivity index (χ4n) is 2.49. The summed E-state index contributed by atoms with van der Waals surface area (Å²) in [5.41, 5.74) is 4.38. The normalized spacial score (nSPS) is 12.0. The molecule has 22 heavy (non-hydrogen) atoms. The topological polar surface area (TPSA) is 15.6 Å². The maximum absolute atomic E-state index is 4.61. The highest BCUT2D eigenvalue weighted by Crippen LogP contribution is 2.20. The lowest BCUT2D eigenvalue weighted by Gasteiger charge is -2.32. The molecule has 0 amide bonds. The van der Waals surface area contributed by atoms with E-state index in [0.29, 0.717) is 6.04 Å². The summed E-state index contributed by atoms with van der Waals surface area (Å²) in [7, 11) is 0. The maximum atomic E-state index is 4.61. The van der Waals surface area contributed by atoms with Gasteiger partial charge in [-0.25, -0.2) is 4.99 Å². The lowest BCUT2D eigenvalue weighted by atomic mass is 10.0. The van der Waals surface area contributed by atoms with E-state index in [4.69, 9.17) is 0 Å². The van der Waals surface area contributed by atoms with Crippen LogP contribution in [0.3, 0.4) is 0 Å². The Kier molecular flexibility index (Phi) is 12.6. The molecule has 0 heterocycles. The van der Waals surface area contributed by atoms with Crippen LogP contribution in [0.5, 0.6) is 0 Å². The average molecular weight is 305 g/mol. The Labute approximate surface area is 138 Å². The Bertz CT molecular complexity index is 379. The van der Waals surface area contributed by atoms with Crippen molar-refractivity contribution in [2.45, 2.75) is 85.6 Å². The van der Waals surface area contributed by atoms with E-state index in [1.807, 2.05) is 6.21 Å². The molecular weight excluding hydrogens is 268 g/mol. The second kappa shape index (κ2) is 13.4. The van der Waals surface area contributed by atoms with Gasteiger partial charge >= 0.3 is 0 Å². The smallest absolute Gasteiger partial charge is 0.172 e. The Hall–Kier alpha value is -1.27. The van der Waals surface area contributed by atoms with E-state index in [2.05, 4.69) is 62.9 Å². The van der Waals surface area contributed by atoms with Crippen molar-refractivity contribution in [2.24, 2.45) is 4.99 Å². The van der Waals surface area contributed by atoms with Crippen LogP contribution in [0.4, 0.5) is 0 Å². The van der Waals surface area contributed by atoms with Gasteiger partial charge < -0.3 is 4.90 Å². The minimum atomic E-state index is 0.558. The highest BCUT2D eigenvalue weighted by atomic mass is 15.2. The third-order valence-electron chi connectivity index (χ3n) is 4.11. The van der Waals surface area contributed by atoms with Gasteiger partial charge in [0.1, 0.15) is 0 Å². The molecule has 0 aromatic carbocycles. The molecule has 0 bridgehead atoms. The van der Waals surface area contributed by atoms with Gasteiger partial charge in [0.05, 0.1) is 0 Å². The zero-order valence-corrected chi connectivity index (χ0v) is 15.5. The highest BCUT2D eigenvalue weighted by molar-refractivity contribution is 5.73. The third kappa shape index (κ3) is 8.24. The quantitative estimate of drug-likeness (QED) is 0.314. The predicted octanol–water partition coefficient (Wildman–Crippen LogP) is 6.11. The average Bonchev–Trinajstić information content (AvgIpc) is 2.55. The summed E-state index contributed by atoms with van der Waals surface area (Å²) >= 11 is 0. The molecule has 0 saturated carbocycles. The maximum Gasteiger partial charge on any atom is 0.172 e. The number of allylic oxidation sites excluding steroid dienone is 2. The SMILES string of the molecule is C=C=C(/N=C\C=C(/C)CC)N(CC)C(CCCC)CCCC. The van der Waals surface area contributed by atoms with E-state index < -0.39 is 0 Å². The molecule has 0 unspecified atom stereocenters. The molecule has 0 radical (unpaired) electrons. The fourth-order valence-corrected chi connectivity index (χ4v) is 2.49. The number of rotatable bonds is 12. The van der Waals surface area contributed by atoms with Gasteiger partial charge in [-0.1, -0.05) is 64.3 Å². The van der Waals surface area contributed by atoms with E-state index in [9.17, 15) is 0 Å². The van der Waals surface area contributed by atoms with Gasteiger partial charge in [-0.3, -0.25) is 0 Å². The van der Waals surface area contributed by atoms with E-state index in [1.54, 1.807) is 0 Å². The molecule has 126 valence electrons. The Morgan fingerprint density at radius 2 is 1.73 bits per heavy atom. The Morgan fingerprint density at radius 3 is 2.14 bits per heavy atom. The Balaban J connectivity index is 5.06. The van der Waals surface area contributed by atoms with Crippen LogP contribution in [-0.4, -0.2) is 23.7 Å². The zero-order chi connectivity index (χ0) is 16.8. The van der Waals surface area contributed by atoms with Crippen LogP contribution in [0.15, 0.2) is 34.8 Å². The van der Waals surface area contributed by atoms with E-state index in [-0.39, 0.29) is 0 Å². The molecule has 0 fully saturated rings. The van der Waals surface area contributed by atoms with Gasteiger partial charge in [-0.2, -0.15) is 0 Å². The lowest BCUT2D eigenvalue weighted by Crippen LogP contribution is -2.34. The van der Waals surface area contributed by atoms with Crippen molar-refractivity contribution in [3.8, 4) is 0 Å². The van der Waals surface area contributed by atoms with Gasteiger partial charge in [0, 0.05) is 18.8 Å². The van der Waals surface area contributed by atoms with Crippen LogP contribution >= 0.6 is 0 Å². The van der Waals surface area contributed by atoms with Crippen LogP contribution < -0.4 is 0 Å². The van der Waals surface area contributed by atoms with Crippen molar-refractivity contribution >= 4 is 6.21 Å². The van der Waals surface area contributed by atoms with Crippen molar-refractivity contribution in [2.75, 3.05) is 6.54 Å². The van der Waals surface area contributed by atoms with Crippen molar-refractivity contribution in [3.05, 3.63) is 29.8 Å². The monoisotopic (exact) mass is 304 g/mol. The molecule has 0 aliphatic rings. The number of hydrogen-bond donors (Lipinski definition) is 0. The molecule has 0 N–H and O–H groups in total. The van der Waals surface area contributed by atoms with Crippen LogP contribution in [0.2, 0.25) is 0 Å². The van der Waals surface area contributed by atoms with Crippen LogP contribution in [0.1, 0.15) is 79.6 Å². The first-order valence-electron chi connectivity index (χ1n) is 9.00. The van der Waals surface area contributed by atoms with Gasteiger partial charge in [0.2, 0.25) is 0 Å². The summed E-state index contributed by atoms with van der Waals surface area (Å²) in [4.78, 5) is 6.98. The minimum absolute atomic E-state index is 0.558. The highest BCUT2D eigenvalue weighted by Gasteiger charge is 2.18. The van der Waals surface area contributed by atoms with Gasteiger partial charge in [0.15, 0.2) is 5.82 Å². The molecule has 0 atom stereocenters. The van der Waals surface area contributed by atoms with Crippen molar-refractivity contribution < 1.29 is 0 Å². The molecule has 0 aromatic heterocycles. The van der Waals surface area contributed by atoms with Crippen molar-refractivity contribution in [1.82, 2.24) is 4.90 Å². The Morgan fingerprint density at radius 1 is 1.14 bits per heavy atom. The summed E-state index contributed by atoms with van der Waals surface area (Å²) in [5, 5.41) is 0. The number of hydrogen-bond acceptors (Lipinski definition) is 2. The van der Waals surface area contributed by atoms with Crippen LogP contribution in [-0.2, 0) is 0 Å². The second-order valence-corrected chi connectivity index (χ2v) is 5.87. The first kappa shape index (κ1) is 20.7. The van der Waals surface area contributed by atoms with Gasteiger partial charge in [-0.15, -0.1) is 0 Å². The van der Waals surface area contributed by atoms with Crippen LogP contribution in [0, 0.1) is 0 Å². The third-order valence-corrected chi connectivity index (χ3v) is 4.11. The molecule has 0 aliphatic carbocycles. The summed E-state index contributed by atoms with van der Waals surface area (Å²) in [6, 6.07) is 0.558. The molecular formula is C20H36N2. The summed E-state index contributed by atoms with van der Waals surface area (Å²) in [6.45, 7) is 15.8. The molecule has 2 heteroatoms. The number of nitrogens with zero attached hydrogens (tertiary/aromatic N) is 2. The van der Waals surface area contributed by atoms with Gasteiger partial charge in [-0.05, 0) is 39.2 Å². The van der Waals surface area contributed by atoms with Crippen molar-refractivity contribution in [1.29, 1.82) is 0 Å². The van der Waals surface area contributed by atoms with Crippen LogP contribution in [0.25, 0.3) is 0 Å². The number of aliphatic imine (C=N–C) groups is 1. The fraction of sp³-hybridized carbons (Fsp3) is 0.700. The minimum Gasteiger partial charge on any atom is -0.347 e. The van der Waals surface area contributed by atoms with E-state index in [0.717, 1.165) is 18.8 Å². The molecule has 0 saturated heterocycles. The first-order chi connectivity index (χ1) is 10.6. The molecule has 2 nitrogen and oxygen atoms in total. The molecule has 0 rings (SSSR count). The predicted molar refractivity (Wildman–Crippen MR) is 100 cm³/mol. The van der Waals surface area contributed by atoms with E-state index in [1.165, 1.54) is 44.1 Å². The summed E-state index contributed by atoms with van der Waals surface area (Å²) in [5.74, 6) is 0.889. The zero-order valence-electron chi connectivity index (χ0n) is 15.5. The molecule has 0 aliphatic heterocycles. The standard InChI is InChI=1S/C20H36N2/c1-7-12-14-19(15-13-8-2)22(11-5)20(10-4)21-17-16-18(6)9-3/h16-17,19H,4,7-9,11-15H2,1-3,5-6H3/b18-16+,21-17-. The van der Waals surface area contributed by atoms with Crippen molar-refractivity contribution in [3.63, 3.8) is 0 Å². The first-order valence-corrected chi connectivity index (χ1v) is 9.00. The second-order valence-electron chi connectivity index (χ2n) is 5.87. The molecule has 0 aromatic rings. The number of unbranched alkanes of at least 4 members (excludes halogenated alkanes) is 2. The summed E-state index contributed by atoms with van der Waals surface area (Å²) in [6.07, 6.45) is 12.5.